The third kappa shape index (κ3) is 5.72. The van der Waals surface area contributed by atoms with E-state index in [0.717, 1.165) is 46.7 Å². The molecule has 0 saturated carbocycles. The van der Waals surface area contributed by atoms with Gasteiger partial charge in [-0.3, -0.25) is 4.99 Å². The average Bonchev–Trinajstić information content (AvgIpc) is 2.89. The third-order valence-electron chi connectivity index (χ3n) is 5.68. The van der Waals surface area contributed by atoms with Gasteiger partial charge in [-0.1, -0.05) is 78.9 Å². The first-order valence-electron chi connectivity index (χ1n) is 11.5. The molecule has 3 nitrogen and oxygen atoms in total. The van der Waals surface area contributed by atoms with Crippen LogP contribution >= 0.6 is 0 Å². The van der Waals surface area contributed by atoms with Gasteiger partial charge in [-0.2, -0.15) is 0 Å². The number of anilines is 1. The van der Waals surface area contributed by atoms with Gasteiger partial charge in [0.05, 0.1) is 5.69 Å². The fourth-order valence-electron chi connectivity index (χ4n) is 3.89. The van der Waals surface area contributed by atoms with Crippen LogP contribution in [0.5, 0.6) is 5.75 Å². The molecule has 0 N–H and O–H groups in total. The molecule has 0 unspecified atom stereocenters. The van der Waals surface area contributed by atoms with E-state index in [1.165, 1.54) is 0 Å². The first-order chi connectivity index (χ1) is 16.3. The molecule has 33 heavy (non-hydrogen) atoms. The van der Waals surface area contributed by atoms with Crippen LogP contribution < -0.4 is 20.5 Å². The van der Waals surface area contributed by atoms with E-state index in [-0.39, 0.29) is 6.92 Å². The fourth-order valence-corrected chi connectivity index (χ4v) is 3.89. The smallest absolute Gasteiger partial charge is 0.426 e. The highest BCUT2D eigenvalue weighted by Gasteiger charge is 2.24. The summed E-state index contributed by atoms with van der Waals surface area (Å²) in [6.07, 6.45) is 1.89. The Labute approximate surface area is 197 Å². The predicted octanol–water partition coefficient (Wildman–Crippen LogP) is 5.47. The minimum Gasteiger partial charge on any atom is -0.551 e. The largest absolute Gasteiger partial charge is 0.551 e. The molecule has 4 aromatic rings. The zero-order valence-corrected chi connectivity index (χ0v) is 19.3. The third-order valence-corrected chi connectivity index (χ3v) is 5.68. The molecule has 164 valence electrons. The number of benzene rings is 4. The highest BCUT2D eigenvalue weighted by Crippen LogP contribution is 2.26. The van der Waals surface area contributed by atoms with Crippen molar-refractivity contribution in [3.05, 3.63) is 115 Å². The minimum atomic E-state index is -0.219. The maximum absolute atomic E-state index is 6.77. The van der Waals surface area contributed by atoms with Crippen molar-refractivity contribution in [2.75, 3.05) is 18.0 Å². The Morgan fingerprint density at radius 3 is 1.82 bits per heavy atom. The Hall–Kier alpha value is -3.79. The van der Waals surface area contributed by atoms with E-state index in [1.54, 1.807) is 0 Å². The summed E-state index contributed by atoms with van der Waals surface area (Å²) in [4.78, 5) is 7.01. The van der Waals surface area contributed by atoms with Crippen molar-refractivity contribution in [3.63, 3.8) is 0 Å². The molecule has 0 aromatic heterocycles. The first-order valence-corrected chi connectivity index (χ1v) is 11.5. The van der Waals surface area contributed by atoms with Crippen LogP contribution in [0.25, 0.3) is 0 Å². The van der Waals surface area contributed by atoms with Gasteiger partial charge in [-0.15, -0.1) is 0 Å². The summed E-state index contributed by atoms with van der Waals surface area (Å²) in [6.45, 7) is 6.00. The maximum Gasteiger partial charge on any atom is 0.426 e. The Balaban J connectivity index is 1.76. The van der Waals surface area contributed by atoms with E-state index in [2.05, 4.69) is 90.5 Å². The molecule has 0 aliphatic heterocycles. The van der Waals surface area contributed by atoms with Crippen molar-refractivity contribution in [1.82, 2.24) is 0 Å². The number of para-hydroxylation sites is 1. The quantitative estimate of drug-likeness (QED) is 0.259. The molecule has 0 bridgehead atoms. The van der Waals surface area contributed by atoms with Crippen molar-refractivity contribution in [2.24, 2.45) is 4.99 Å². The Bertz CT molecular complexity index is 1120. The van der Waals surface area contributed by atoms with E-state index in [9.17, 15) is 0 Å². The molecule has 4 heteroatoms. The number of aliphatic imine (C=N–C) groups is 1. The number of rotatable bonds is 9. The number of hydrogen-bond acceptors (Lipinski definition) is 3. The molecular weight excluding hydrogens is 403 g/mol. The normalized spacial score (nSPS) is 10.8. The molecule has 0 atom stereocenters. The van der Waals surface area contributed by atoms with Gasteiger partial charge in [-0.25, -0.2) is 0 Å². The molecule has 0 heterocycles. The highest BCUT2D eigenvalue weighted by atomic mass is 16.4. The molecule has 4 rings (SSSR count). The summed E-state index contributed by atoms with van der Waals surface area (Å²) < 4.78 is 6.77. The lowest BCUT2D eigenvalue weighted by atomic mass is 9.55. The molecule has 0 amide bonds. The van der Waals surface area contributed by atoms with E-state index in [1.807, 2.05) is 48.7 Å². The number of nitrogens with zero attached hydrogens (tertiary/aromatic N) is 2. The van der Waals surface area contributed by atoms with E-state index in [4.69, 9.17) is 4.65 Å². The molecular formula is C29H29BN2O. The fraction of sp³-hybridized carbons (Fsp3) is 0.138. The van der Waals surface area contributed by atoms with Gasteiger partial charge in [0.1, 0.15) is 5.75 Å². The summed E-state index contributed by atoms with van der Waals surface area (Å²) in [6, 6.07) is 37.1. The van der Waals surface area contributed by atoms with Gasteiger partial charge in [-0.05, 0) is 49.0 Å². The average molecular weight is 432 g/mol. The molecule has 0 radical (unpaired) electrons. The van der Waals surface area contributed by atoms with Gasteiger partial charge in [0.2, 0.25) is 0 Å². The second kappa shape index (κ2) is 11.2. The lowest BCUT2D eigenvalue weighted by Gasteiger charge is -2.24. The number of hydrogen-bond donors (Lipinski definition) is 0. The van der Waals surface area contributed by atoms with Crippen LogP contribution in [0.4, 0.5) is 11.4 Å². The molecule has 0 spiro atoms. The lowest BCUT2D eigenvalue weighted by Crippen LogP contribution is -2.47. The van der Waals surface area contributed by atoms with Gasteiger partial charge >= 0.3 is 6.92 Å². The van der Waals surface area contributed by atoms with Crippen LogP contribution in [-0.4, -0.2) is 26.2 Å². The van der Waals surface area contributed by atoms with Crippen molar-refractivity contribution >= 4 is 35.4 Å². The van der Waals surface area contributed by atoms with Crippen LogP contribution in [0.3, 0.4) is 0 Å². The van der Waals surface area contributed by atoms with Crippen LogP contribution in [-0.2, 0) is 0 Å². The second-order valence-corrected chi connectivity index (χ2v) is 7.81. The zero-order valence-electron chi connectivity index (χ0n) is 19.3. The Morgan fingerprint density at radius 1 is 0.727 bits per heavy atom. The SMILES string of the molecule is CCN(CC)c1ccc(C=Nc2ccccc2)c(OB(c2ccccc2)c2ccccc2)c1. The van der Waals surface area contributed by atoms with Gasteiger partial charge in [0.15, 0.2) is 0 Å². The molecule has 0 saturated heterocycles. The first kappa shape index (κ1) is 22.4. The Morgan fingerprint density at radius 2 is 1.27 bits per heavy atom. The summed E-state index contributed by atoms with van der Waals surface area (Å²) in [5, 5.41) is 0. The molecule has 4 aromatic carbocycles. The van der Waals surface area contributed by atoms with Crippen LogP contribution in [0.15, 0.2) is 114 Å². The maximum atomic E-state index is 6.77. The molecule has 0 fully saturated rings. The Kier molecular flexibility index (Phi) is 7.60. The predicted molar refractivity (Wildman–Crippen MR) is 142 cm³/mol. The summed E-state index contributed by atoms with van der Waals surface area (Å²) in [7, 11) is 0. The van der Waals surface area contributed by atoms with E-state index >= 15 is 0 Å². The van der Waals surface area contributed by atoms with Crippen molar-refractivity contribution in [1.29, 1.82) is 0 Å². The minimum absolute atomic E-state index is 0.219. The zero-order chi connectivity index (χ0) is 22.9. The topological polar surface area (TPSA) is 24.8 Å². The van der Waals surface area contributed by atoms with E-state index in [0.29, 0.717) is 0 Å². The molecule has 0 aliphatic rings. The van der Waals surface area contributed by atoms with Gasteiger partial charge in [0.25, 0.3) is 0 Å². The van der Waals surface area contributed by atoms with Crippen LogP contribution in [0.2, 0.25) is 0 Å². The summed E-state index contributed by atoms with van der Waals surface area (Å²) in [5.41, 5.74) is 5.24. The van der Waals surface area contributed by atoms with Gasteiger partial charge < -0.3 is 9.55 Å². The van der Waals surface area contributed by atoms with Crippen molar-refractivity contribution in [3.8, 4) is 5.75 Å². The van der Waals surface area contributed by atoms with Gasteiger partial charge in [0, 0.05) is 36.6 Å². The van der Waals surface area contributed by atoms with Crippen LogP contribution in [0, 0.1) is 0 Å². The second-order valence-electron chi connectivity index (χ2n) is 7.81. The molecule has 0 aliphatic carbocycles. The highest BCUT2D eigenvalue weighted by molar-refractivity contribution is 6.80. The van der Waals surface area contributed by atoms with Crippen molar-refractivity contribution < 1.29 is 4.65 Å². The van der Waals surface area contributed by atoms with E-state index < -0.39 is 0 Å². The van der Waals surface area contributed by atoms with Crippen molar-refractivity contribution in [2.45, 2.75) is 13.8 Å². The lowest BCUT2D eigenvalue weighted by molar-refractivity contribution is 0.590. The standard InChI is InChI=1S/C29H29BN2O/c1-3-32(4-2)28-21-20-24(23-31-27-18-12-7-13-19-27)29(22-28)33-30(25-14-8-5-9-15-25)26-16-10-6-11-17-26/h5-23H,3-4H2,1-2H3. The summed E-state index contributed by atoms with van der Waals surface area (Å²) >= 11 is 0. The summed E-state index contributed by atoms with van der Waals surface area (Å²) in [5.74, 6) is 0.816. The monoisotopic (exact) mass is 432 g/mol. The van der Waals surface area contributed by atoms with Crippen LogP contribution in [0.1, 0.15) is 19.4 Å².